The highest BCUT2D eigenvalue weighted by atomic mass is 19.4. The van der Waals surface area contributed by atoms with Gasteiger partial charge in [0.05, 0.1) is 18.0 Å². The molecule has 1 atom stereocenters. The van der Waals surface area contributed by atoms with E-state index in [1.807, 2.05) is 0 Å². The van der Waals surface area contributed by atoms with Gasteiger partial charge in [0.25, 0.3) is 0 Å². The zero-order chi connectivity index (χ0) is 22.8. The summed E-state index contributed by atoms with van der Waals surface area (Å²) in [6.07, 6.45) is -7.52. The predicted molar refractivity (Wildman–Crippen MR) is 102 cm³/mol. The number of likely N-dealkylation sites (tertiary alicyclic amines) is 1. The van der Waals surface area contributed by atoms with E-state index in [1.165, 1.54) is 18.2 Å². The van der Waals surface area contributed by atoms with Gasteiger partial charge < -0.3 is 20.5 Å². The Morgan fingerprint density at radius 3 is 2.58 bits per heavy atom. The fraction of sp³-hybridized carbons (Fsp3) is 0.500. The number of aliphatic imine (C=N–C) groups is 1. The van der Waals surface area contributed by atoms with Crippen molar-refractivity contribution < 1.29 is 36.6 Å². The van der Waals surface area contributed by atoms with E-state index in [0.29, 0.717) is 17.7 Å². The Morgan fingerprint density at radius 2 is 1.97 bits per heavy atom. The number of alkyl halides is 3. The van der Waals surface area contributed by atoms with Crippen molar-refractivity contribution in [1.29, 1.82) is 0 Å². The second kappa shape index (κ2) is 9.21. The van der Waals surface area contributed by atoms with E-state index in [9.17, 15) is 26.7 Å². The van der Waals surface area contributed by atoms with Crippen LogP contribution in [0.3, 0.4) is 0 Å². The number of ether oxygens (including phenoxy) is 1. The monoisotopic (exact) mass is 447 g/mol. The predicted octanol–water partition coefficient (Wildman–Crippen LogP) is 3.76. The molecule has 1 fully saturated rings. The third-order valence-electron chi connectivity index (χ3n) is 5.40. The van der Waals surface area contributed by atoms with Crippen molar-refractivity contribution in [2.75, 3.05) is 19.7 Å². The molecule has 0 spiro atoms. The molecule has 170 valence electrons. The first-order valence-corrected chi connectivity index (χ1v) is 9.74. The van der Waals surface area contributed by atoms with Gasteiger partial charge in [-0.1, -0.05) is 0 Å². The van der Waals surface area contributed by atoms with Crippen molar-refractivity contribution in [3.8, 4) is 0 Å². The number of amides is 1. The standard InChI is InChI=1S/C20H22F5N3O3/c21-13-2-4-14-12(9-13)1-3-15(27-14)17(22)18(26)11-5-7-28(8-6-11)19(30)31-16(10-29)20(23,24)25/h2,4,9,11,16,29H,1,3,5-8,10,26H2/b18-17+. The number of carbonyl (C=O) groups excluding carboxylic acids is 1. The minimum absolute atomic E-state index is 0.0270. The first kappa shape index (κ1) is 23.0. The molecule has 1 unspecified atom stereocenters. The number of rotatable bonds is 4. The Balaban J connectivity index is 1.63. The highest BCUT2D eigenvalue weighted by molar-refractivity contribution is 6.01. The lowest BCUT2D eigenvalue weighted by molar-refractivity contribution is -0.214. The maximum atomic E-state index is 14.9. The van der Waals surface area contributed by atoms with Gasteiger partial charge in [0.2, 0.25) is 6.10 Å². The minimum Gasteiger partial charge on any atom is -0.434 e. The molecule has 2 aliphatic heterocycles. The van der Waals surface area contributed by atoms with Crippen LogP contribution in [-0.2, 0) is 11.2 Å². The third kappa shape index (κ3) is 5.33. The lowest BCUT2D eigenvalue weighted by atomic mass is 9.91. The van der Waals surface area contributed by atoms with Crippen LogP contribution in [0.1, 0.15) is 24.8 Å². The highest BCUT2D eigenvalue weighted by Crippen LogP contribution is 2.32. The van der Waals surface area contributed by atoms with E-state index in [4.69, 9.17) is 10.8 Å². The number of aryl methyl sites for hydroxylation is 1. The van der Waals surface area contributed by atoms with Crippen molar-refractivity contribution in [3.63, 3.8) is 0 Å². The number of fused-ring (bicyclic) bond motifs is 1. The fourth-order valence-electron chi connectivity index (χ4n) is 3.60. The maximum Gasteiger partial charge on any atom is 0.427 e. The number of halogens is 5. The summed E-state index contributed by atoms with van der Waals surface area (Å²) in [5.41, 5.74) is 7.29. The first-order valence-electron chi connectivity index (χ1n) is 9.74. The second-order valence-electron chi connectivity index (χ2n) is 7.46. The van der Waals surface area contributed by atoms with Crippen LogP contribution >= 0.6 is 0 Å². The van der Waals surface area contributed by atoms with Crippen molar-refractivity contribution >= 4 is 17.5 Å². The third-order valence-corrected chi connectivity index (χ3v) is 5.40. The molecule has 0 aliphatic carbocycles. The molecule has 6 nitrogen and oxygen atoms in total. The average molecular weight is 447 g/mol. The normalized spacial score (nSPS) is 19.3. The number of piperidine rings is 1. The van der Waals surface area contributed by atoms with Crippen molar-refractivity contribution in [2.45, 2.75) is 38.0 Å². The lowest BCUT2D eigenvalue weighted by Crippen LogP contribution is -2.45. The van der Waals surface area contributed by atoms with Crippen LogP contribution < -0.4 is 5.73 Å². The molecule has 1 aromatic rings. The van der Waals surface area contributed by atoms with Gasteiger partial charge in [-0.25, -0.2) is 13.6 Å². The number of benzene rings is 1. The van der Waals surface area contributed by atoms with E-state index >= 15 is 0 Å². The number of aliphatic hydroxyl groups excluding tert-OH is 1. The van der Waals surface area contributed by atoms with Crippen molar-refractivity contribution in [3.05, 3.63) is 41.1 Å². The Kier molecular flexibility index (Phi) is 6.83. The summed E-state index contributed by atoms with van der Waals surface area (Å²) in [7, 11) is 0. The molecule has 11 heteroatoms. The summed E-state index contributed by atoms with van der Waals surface area (Å²) in [6, 6.07) is 4.07. The Bertz CT molecular complexity index is 893. The molecule has 0 aromatic heterocycles. The van der Waals surface area contributed by atoms with Crippen LogP contribution in [0.5, 0.6) is 0 Å². The van der Waals surface area contributed by atoms with Crippen molar-refractivity contribution in [2.24, 2.45) is 16.6 Å². The number of nitrogens with two attached hydrogens (primary N) is 1. The van der Waals surface area contributed by atoms with Gasteiger partial charge in [-0.15, -0.1) is 0 Å². The number of allylic oxidation sites excluding steroid dienone is 2. The molecule has 3 N–H and O–H groups in total. The van der Waals surface area contributed by atoms with E-state index in [2.05, 4.69) is 9.73 Å². The van der Waals surface area contributed by atoms with E-state index < -0.39 is 42.5 Å². The number of hydrogen-bond acceptors (Lipinski definition) is 5. The summed E-state index contributed by atoms with van der Waals surface area (Å²) in [5, 5.41) is 8.77. The number of hydrogen-bond donors (Lipinski definition) is 2. The topological polar surface area (TPSA) is 88.2 Å². The highest BCUT2D eigenvalue weighted by Gasteiger charge is 2.43. The van der Waals surface area contributed by atoms with E-state index in [-0.39, 0.29) is 43.8 Å². The molecule has 2 heterocycles. The first-order chi connectivity index (χ1) is 14.6. The number of aliphatic hydroxyl groups is 1. The van der Waals surface area contributed by atoms with Gasteiger partial charge in [0.1, 0.15) is 5.82 Å². The van der Waals surface area contributed by atoms with Gasteiger partial charge >= 0.3 is 12.3 Å². The lowest BCUT2D eigenvalue weighted by Gasteiger charge is -2.33. The SMILES string of the molecule is N/C(=C(/F)C1=Nc2ccc(F)cc2CC1)C1CCN(C(=O)OC(CO)C(F)(F)F)CC1. The van der Waals surface area contributed by atoms with Crippen LogP contribution in [0, 0.1) is 11.7 Å². The Labute approximate surface area is 175 Å². The van der Waals surface area contributed by atoms with Gasteiger partial charge in [0.15, 0.2) is 5.83 Å². The zero-order valence-electron chi connectivity index (χ0n) is 16.5. The quantitative estimate of drug-likeness (QED) is 0.688. The van der Waals surface area contributed by atoms with Crippen LogP contribution in [0.2, 0.25) is 0 Å². The van der Waals surface area contributed by atoms with Crippen molar-refractivity contribution in [1.82, 2.24) is 4.90 Å². The average Bonchev–Trinajstić information content (AvgIpc) is 2.75. The molecule has 1 aromatic carbocycles. The van der Waals surface area contributed by atoms with Crippen LogP contribution in [0.25, 0.3) is 0 Å². The molecule has 1 amide bonds. The van der Waals surface area contributed by atoms with Gasteiger partial charge in [-0.3, -0.25) is 4.99 Å². The summed E-state index contributed by atoms with van der Waals surface area (Å²) < 4.78 is 70.5. The number of nitrogens with zero attached hydrogens (tertiary/aromatic N) is 2. The van der Waals surface area contributed by atoms with Gasteiger partial charge in [-0.05, 0) is 49.4 Å². The van der Waals surface area contributed by atoms with Crippen LogP contribution in [0.4, 0.5) is 32.4 Å². The summed E-state index contributed by atoms with van der Waals surface area (Å²) in [4.78, 5) is 17.2. The minimum atomic E-state index is -4.87. The Hall–Kier alpha value is -2.69. The summed E-state index contributed by atoms with van der Waals surface area (Å²) >= 11 is 0. The summed E-state index contributed by atoms with van der Waals surface area (Å²) in [5.74, 6) is -1.47. The zero-order valence-corrected chi connectivity index (χ0v) is 16.5. The smallest absolute Gasteiger partial charge is 0.427 e. The largest absolute Gasteiger partial charge is 0.434 e. The number of carbonyl (C=O) groups is 1. The van der Waals surface area contributed by atoms with Gasteiger partial charge in [-0.2, -0.15) is 13.2 Å². The molecule has 3 rings (SSSR count). The molecule has 2 aliphatic rings. The van der Waals surface area contributed by atoms with E-state index in [0.717, 1.165) is 4.90 Å². The molecule has 0 saturated carbocycles. The fourth-order valence-corrected chi connectivity index (χ4v) is 3.60. The molecule has 1 saturated heterocycles. The molecule has 0 bridgehead atoms. The molecule has 0 radical (unpaired) electrons. The second-order valence-corrected chi connectivity index (χ2v) is 7.46. The van der Waals surface area contributed by atoms with E-state index in [1.54, 1.807) is 0 Å². The van der Waals surface area contributed by atoms with Gasteiger partial charge in [0, 0.05) is 24.7 Å². The van der Waals surface area contributed by atoms with Crippen LogP contribution in [0.15, 0.2) is 34.7 Å². The maximum absolute atomic E-state index is 14.9. The molecular weight excluding hydrogens is 425 g/mol. The molecular formula is C20H22F5N3O3. The van der Waals surface area contributed by atoms with Crippen LogP contribution in [-0.4, -0.2) is 53.8 Å². The summed E-state index contributed by atoms with van der Waals surface area (Å²) in [6.45, 7) is -1.31. The molecule has 31 heavy (non-hydrogen) atoms. The Morgan fingerprint density at radius 1 is 1.29 bits per heavy atom.